The third-order valence-electron chi connectivity index (χ3n) is 3.57. The smallest absolute Gasteiger partial charge is 0.310 e. The van der Waals surface area contributed by atoms with Gasteiger partial charge in [0.1, 0.15) is 11.6 Å². The second kappa shape index (κ2) is 7.12. The van der Waals surface area contributed by atoms with Crippen LogP contribution in [0.15, 0.2) is 48.5 Å². The number of carbonyl (C=O) groups is 3. The van der Waals surface area contributed by atoms with Crippen molar-refractivity contribution in [3.05, 3.63) is 59.9 Å². The van der Waals surface area contributed by atoms with Gasteiger partial charge < -0.3 is 14.8 Å². The number of ketones is 1. The van der Waals surface area contributed by atoms with Gasteiger partial charge in [-0.25, -0.2) is 4.39 Å². The van der Waals surface area contributed by atoms with E-state index in [1.807, 2.05) is 0 Å². The molecule has 1 aliphatic heterocycles. The molecule has 25 heavy (non-hydrogen) atoms. The lowest BCUT2D eigenvalue weighted by Gasteiger charge is -2.25. The summed E-state index contributed by atoms with van der Waals surface area (Å²) in [4.78, 5) is 35.7. The van der Waals surface area contributed by atoms with Crippen molar-refractivity contribution >= 4 is 23.3 Å². The maximum atomic E-state index is 13.1. The van der Waals surface area contributed by atoms with E-state index in [0.717, 1.165) is 6.07 Å². The normalized spacial score (nSPS) is 15.6. The fraction of sp³-hybridized carbons (Fsp3) is 0.167. The molecule has 2 aromatic rings. The molecule has 0 aromatic heterocycles. The van der Waals surface area contributed by atoms with Gasteiger partial charge in [0.25, 0.3) is 5.91 Å². The van der Waals surface area contributed by atoms with Gasteiger partial charge in [0.05, 0.1) is 12.1 Å². The first-order chi connectivity index (χ1) is 12.0. The molecule has 0 bridgehead atoms. The Hall–Kier alpha value is -3.22. The lowest BCUT2D eigenvalue weighted by molar-refractivity contribution is -0.146. The number of hydrogen-bond acceptors (Lipinski definition) is 5. The van der Waals surface area contributed by atoms with E-state index in [-0.39, 0.29) is 12.0 Å². The molecule has 0 aliphatic carbocycles. The summed E-state index contributed by atoms with van der Waals surface area (Å²) in [7, 11) is 0. The Morgan fingerprint density at radius 1 is 1.16 bits per heavy atom. The van der Waals surface area contributed by atoms with Crippen LogP contribution >= 0.6 is 0 Å². The minimum atomic E-state index is -1.04. The summed E-state index contributed by atoms with van der Waals surface area (Å²) < 4.78 is 23.4. The number of carbonyl (C=O) groups excluding carboxylic acids is 3. The third kappa shape index (κ3) is 4.00. The summed E-state index contributed by atoms with van der Waals surface area (Å²) in [5.41, 5.74) is 0.631. The molecular formula is C18H14FNO5. The first-order valence-corrected chi connectivity index (χ1v) is 7.54. The topological polar surface area (TPSA) is 81.7 Å². The second-order valence-electron chi connectivity index (χ2n) is 5.39. The van der Waals surface area contributed by atoms with Crippen molar-refractivity contribution in [3.63, 3.8) is 0 Å². The van der Waals surface area contributed by atoms with E-state index in [2.05, 4.69) is 5.32 Å². The number of halogens is 1. The number of hydrogen-bond donors (Lipinski definition) is 1. The number of Topliss-reactive ketones (excluding diaryl/α,β-unsaturated/α-hetero) is 1. The molecule has 2 aromatic carbocycles. The summed E-state index contributed by atoms with van der Waals surface area (Å²) in [6.45, 7) is -0.535. The van der Waals surface area contributed by atoms with Crippen LogP contribution in [0.3, 0.4) is 0 Å². The molecule has 0 unspecified atom stereocenters. The lowest BCUT2D eigenvalue weighted by atomic mass is 10.1. The molecule has 6 nitrogen and oxygen atoms in total. The monoisotopic (exact) mass is 343 g/mol. The Bertz CT molecular complexity index is 836. The summed E-state index contributed by atoms with van der Waals surface area (Å²) in [6.07, 6.45) is -1.37. The molecule has 1 heterocycles. The number of anilines is 1. The van der Waals surface area contributed by atoms with Crippen LogP contribution in [0.5, 0.6) is 5.75 Å². The van der Waals surface area contributed by atoms with E-state index < -0.39 is 36.2 Å². The number of benzene rings is 2. The van der Waals surface area contributed by atoms with Crippen LogP contribution in [-0.2, 0) is 14.3 Å². The van der Waals surface area contributed by atoms with Crippen molar-refractivity contribution in [2.45, 2.75) is 12.5 Å². The van der Waals surface area contributed by atoms with Gasteiger partial charge in [-0.15, -0.1) is 0 Å². The van der Waals surface area contributed by atoms with Crippen LogP contribution in [0.25, 0.3) is 0 Å². The molecule has 0 fully saturated rings. The zero-order chi connectivity index (χ0) is 17.8. The molecule has 3 rings (SSSR count). The number of para-hydroxylation sites is 2. The SMILES string of the molecule is O=C(C[C@H]1Oc2ccccc2NC1=O)OCC(=O)c1cccc(F)c1. The third-order valence-corrected chi connectivity index (χ3v) is 3.57. The van der Waals surface area contributed by atoms with Gasteiger partial charge in [-0.05, 0) is 24.3 Å². The molecule has 128 valence electrons. The standard InChI is InChI=1S/C18H14FNO5/c19-12-5-3-4-11(8-12)14(21)10-24-17(22)9-16-18(23)20-13-6-1-2-7-15(13)25-16/h1-8,16H,9-10H2,(H,20,23)/t16-/m1/s1. The minimum Gasteiger partial charge on any atom is -0.478 e. The Labute approximate surface area is 142 Å². The van der Waals surface area contributed by atoms with E-state index >= 15 is 0 Å². The van der Waals surface area contributed by atoms with Gasteiger partial charge in [0.2, 0.25) is 0 Å². The van der Waals surface area contributed by atoms with Crippen molar-refractivity contribution in [1.82, 2.24) is 0 Å². The molecule has 0 radical (unpaired) electrons. The average Bonchev–Trinajstić information content (AvgIpc) is 2.60. The van der Waals surface area contributed by atoms with Crippen molar-refractivity contribution in [1.29, 1.82) is 0 Å². The Balaban J connectivity index is 1.54. The molecule has 7 heteroatoms. The predicted molar refractivity (Wildman–Crippen MR) is 85.8 cm³/mol. The molecule has 0 saturated heterocycles. The van der Waals surface area contributed by atoms with Gasteiger partial charge in [-0.2, -0.15) is 0 Å². The first kappa shape index (κ1) is 16.6. The number of fused-ring (bicyclic) bond motifs is 1. The highest BCUT2D eigenvalue weighted by Gasteiger charge is 2.30. The van der Waals surface area contributed by atoms with E-state index in [9.17, 15) is 18.8 Å². The fourth-order valence-corrected chi connectivity index (χ4v) is 2.33. The summed E-state index contributed by atoms with van der Waals surface area (Å²) >= 11 is 0. The molecule has 1 atom stereocenters. The molecule has 1 N–H and O–H groups in total. The van der Waals surface area contributed by atoms with Crippen LogP contribution in [0, 0.1) is 5.82 Å². The number of amides is 1. The van der Waals surface area contributed by atoms with Gasteiger partial charge in [0.15, 0.2) is 18.5 Å². The fourth-order valence-electron chi connectivity index (χ4n) is 2.33. The molecule has 0 saturated carbocycles. The maximum Gasteiger partial charge on any atom is 0.310 e. The summed E-state index contributed by atoms with van der Waals surface area (Å²) in [5.74, 6) is -1.86. The van der Waals surface area contributed by atoms with Crippen molar-refractivity contribution < 1.29 is 28.2 Å². The highest BCUT2D eigenvalue weighted by molar-refractivity contribution is 6.00. The van der Waals surface area contributed by atoms with Crippen molar-refractivity contribution in [2.75, 3.05) is 11.9 Å². The van der Waals surface area contributed by atoms with Gasteiger partial charge >= 0.3 is 5.97 Å². The van der Waals surface area contributed by atoms with Crippen LogP contribution in [0.2, 0.25) is 0 Å². The minimum absolute atomic E-state index is 0.105. The van der Waals surface area contributed by atoms with Gasteiger partial charge in [0, 0.05) is 5.56 Å². The van der Waals surface area contributed by atoms with Crippen LogP contribution in [0.1, 0.15) is 16.8 Å². The number of rotatable bonds is 5. The van der Waals surface area contributed by atoms with Crippen LogP contribution in [-0.4, -0.2) is 30.4 Å². The number of esters is 1. The highest BCUT2D eigenvalue weighted by atomic mass is 19.1. The van der Waals surface area contributed by atoms with E-state index in [1.165, 1.54) is 18.2 Å². The predicted octanol–water partition coefficient (Wildman–Crippen LogP) is 2.34. The molecule has 1 aliphatic rings. The van der Waals surface area contributed by atoms with Crippen LogP contribution < -0.4 is 10.1 Å². The lowest BCUT2D eigenvalue weighted by Crippen LogP contribution is -2.39. The van der Waals surface area contributed by atoms with Crippen molar-refractivity contribution in [3.8, 4) is 5.75 Å². The van der Waals surface area contributed by atoms with E-state index in [1.54, 1.807) is 24.3 Å². The zero-order valence-corrected chi connectivity index (χ0v) is 13.0. The van der Waals surface area contributed by atoms with Gasteiger partial charge in [-0.1, -0.05) is 24.3 Å². The highest BCUT2D eigenvalue weighted by Crippen LogP contribution is 2.29. The van der Waals surface area contributed by atoms with E-state index in [0.29, 0.717) is 11.4 Å². The Kier molecular flexibility index (Phi) is 4.74. The first-order valence-electron chi connectivity index (χ1n) is 7.54. The number of ether oxygens (including phenoxy) is 2. The van der Waals surface area contributed by atoms with Gasteiger partial charge in [-0.3, -0.25) is 14.4 Å². The Morgan fingerprint density at radius 3 is 2.76 bits per heavy atom. The largest absolute Gasteiger partial charge is 0.478 e. The van der Waals surface area contributed by atoms with Crippen molar-refractivity contribution in [2.24, 2.45) is 0 Å². The van der Waals surface area contributed by atoms with E-state index in [4.69, 9.17) is 9.47 Å². The second-order valence-corrected chi connectivity index (χ2v) is 5.39. The quantitative estimate of drug-likeness (QED) is 0.666. The summed E-state index contributed by atoms with van der Waals surface area (Å²) in [6, 6.07) is 11.9. The zero-order valence-electron chi connectivity index (χ0n) is 13.0. The number of nitrogens with one attached hydrogen (secondary N) is 1. The molecule has 0 spiro atoms. The Morgan fingerprint density at radius 2 is 1.96 bits per heavy atom. The molecular weight excluding hydrogens is 329 g/mol. The molecule has 1 amide bonds. The average molecular weight is 343 g/mol. The van der Waals surface area contributed by atoms with Crippen LogP contribution in [0.4, 0.5) is 10.1 Å². The summed E-state index contributed by atoms with van der Waals surface area (Å²) in [5, 5.41) is 2.63. The maximum absolute atomic E-state index is 13.1.